The monoisotopic (exact) mass is 186 g/mol. The van der Waals surface area contributed by atoms with Crippen LogP contribution < -0.4 is 0 Å². The first kappa shape index (κ1) is 8.84. The van der Waals surface area contributed by atoms with Gasteiger partial charge in [0.25, 0.3) is 0 Å². The summed E-state index contributed by atoms with van der Waals surface area (Å²) in [5.41, 5.74) is 0. The Bertz CT molecular complexity index is 218. The van der Waals surface area contributed by atoms with Crippen LogP contribution in [0.3, 0.4) is 0 Å². The Balaban J connectivity index is 1.64. The van der Waals surface area contributed by atoms with Gasteiger partial charge < -0.3 is 18.9 Å². The van der Waals surface area contributed by atoms with Crippen LogP contribution in [0.2, 0.25) is 0 Å². The molecule has 0 aromatic heterocycles. The summed E-state index contributed by atoms with van der Waals surface area (Å²) in [6.45, 7) is 5.65. The van der Waals surface area contributed by atoms with Crippen LogP contribution in [0.5, 0.6) is 0 Å². The molecule has 0 saturated carbocycles. The Morgan fingerprint density at radius 1 is 1.62 bits per heavy atom. The Morgan fingerprint density at radius 3 is 2.92 bits per heavy atom. The molecule has 2 heterocycles. The first-order chi connectivity index (χ1) is 6.16. The largest absolute Gasteiger partial charge is 0.457 e. The summed E-state index contributed by atoms with van der Waals surface area (Å²) in [7, 11) is 0. The molecule has 2 rings (SSSR count). The van der Waals surface area contributed by atoms with Crippen LogP contribution in [-0.2, 0) is 18.9 Å². The average Bonchev–Trinajstić information content (AvgIpc) is 2.78. The number of epoxide rings is 1. The third kappa shape index (κ3) is 2.60. The van der Waals surface area contributed by atoms with Gasteiger partial charge in [0.15, 0.2) is 5.76 Å². The van der Waals surface area contributed by atoms with Gasteiger partial charge in [-0.05, 0) is 0 Å². The van der Waals surface area contributed by atoms with E-state index in [4.69, 9.17) is 18.9 Å². The van der Waals surface area contributed by atoms with E-state index >= 15 is 0 Å². The van der Waals surface area contributed by atoms with E-state index in [2.05, 4.69) is 0 Å². The number of hydrogen-bond donors (Lipinski definition) is 0. The molecule has 0 aromatic carbocycles. The molecule has 74 valence electrons. The summed E-state index contributed by atoms with van der Waals surface area (Å²) >= 11 is 0. The third-order valence-corrected chi connectivity index (χ3v) is 1.80. The van der Waals surface area contributed by atoms with Crippen molar-refractivity contribution in [3.05, 3.63) is 12.0 Å². The smallest absolute Gasteiger partial charge is 0.244 e. The standard InChI is InChI=1S/C9H14O4/c1-9(2)12-6-8(13-9)4-10-3-7-5-11-7/h6-7H,3-5H2,1-2H3. The lowest BCUT2D eigenvalue weighted by Crippen LogP contribution is -2.21. The molecule has 1 saturated heterocycles. The zero-order valence-corrected chi connectivity index (χ0v) is 7.91. The molecule has 4 heteroatoms. The van der Waals surface area contributed by atoms with E-state index in [1.54, 1.807) is 6.26 Å². The fourth-order valence-corrected chi connectivity index (χ4v) is 1.09. The van der Waals surface area contributed by atoms with E-state index in [1.807, 2.05) is 13.8 Å². The van der Waals surface area contributed by atoms with E-state index in [-0.39, 0.29) is 0 Å². The Kier molecular flexibility index (Phi) is 2.17. The Labute approximate surface area is 77.4 Å². The minimum absolute atomic E-state index is 0.302. The predicted octanol–water partition coefficient (Wildman–Crippen LogP) is 1.03. The highest BCUT2D eigenvalue weighted by molar-refractivity contribution is 4.95. The SMILES string of the molecule is CC1(C)OC=C(COCC2CO2)O1. The van der Waals surface area contributed by atoms with Crippen molar-refractivity contribution >= 4 is 0 Å². The van der Waals surface area contributed by atoms with Crippen LogP contribution in [0, 0.1) is 0 Å². The first-order valence-corrected chi connectivity index (χ1v) is 4.41. The van der Waals surface area contributed by atoms with Crippen molar-refractivity contribution in [2.24, 2.45) is 0 Å². The maximum Gasteiger partial charge on any atom is 0.244 e. The summed E-state index contributed by atoms with van der Waals surface area (Å²) < 4.78 is 21.0. The summed E-state index contributed by atoms with van der Waals surface area (Å²) in [5.74, 6) is 0.208. The number of rotatable bonds is 4. The molecular formula is C9H14O4. The van der Waals surface area contributed by atoms with Crippen LogP contribution >= 0.6 is 0 Å². The van der Waals surface area contributed by atoms with Crippen molar-refractivity contribution in [2.75, 3.05) is 19.8 Å². The summed E-state index contributed by atoms with van der Waals surface area (Å²) in [6, 6.07) is 0. The molecule has 0 radical (unpaired) electrons. The van der Waals surface area contributed by atoms with E-state index in [9.17, 15) is 0 Å². The third-order valence-electron chi connectivity index (χ3n) is 1.80. The van der Waals surface area contributed by atoms with Gasteiger partial charge in [-0.25, -0.2) is 0 Å². The van der Waals surface area contributed by atoms with Crippen LogP contribution in [0.4, 0.5) is 0 Å². The van der Waals surface area contributed by atoms with Crippen molar-refractivity contribution in [3.8, 4) is 0 Å². The lowest BCUT2D eigenvalue weighted by atomic mass is 10.4. The predicted molar refractivity (Wildman–Crippen MR) is 44.9 cm³/mol. The highest BCUT2D eigenvalue weighted by Gasteiger charge is 2.28. The van der Waals surface area contributed by atoms with Crippen LogP contribution in [0.15, 0.2) is 12.0 Å². The molecule has 0 amide bonds. The van der Waals surface area contributed by atoms with Gasteiger partial charge in [-0.15, -0.1) is 0 Å². The molecule has 0 spiro atoms. The maximum atomic E-state index is 5.42. The average molecular weight is 186 g/mol. The molecule has 0 bridgehead atoms. The minimum Gasteiger partial charge on any atom is -0.457 e. The zero-order chi connectivity index (χ0) is 9.31. The molecule has 1 fully saturated rings. The maximum absolute atomic E-state index is 5.42. The van der Waals surface area contributed by atoms with Gasteiger partial charge >= 0.3 is 0 Å². The first-order valence-electron chi connectivity index (χ1n) is 4.41. The normalized spacial score (nSPS) is 29.1. The molecule has 1 atom stereocenters. The molecule has 0 N–H and O–H groups in total. The lowest BCUT2D eigenvalue weighted by molar-refractivity contribution is -0.121. The zero-order valence-electron chi connectivity index (χ0n) is 7.91. The van der Waals surface area contributed by atoms with Gasteiger partial charge in [0.2, 0.25) is 5.79 Å². The molecular weight excluding hydrogens is 172 g/mol. The second kappa shape index (κ2) is 3.20. The second-order valence-corrected chi connectivity index (χ2v) is 3.67. The molecule has 13 heavy (non-hydrogen) atoms. The topological polar surface area (TPSA) is 40.2 Å². The molecule has 4 nitrogen and oxygen atoms in total. The number of ether oxygens (including phenoxy) is 4. The summed E-state index contributed by atoms with van der Waals surface area (Å²) in [4.78, 5) is 0. The molecule has 0 aromatic rings. The van der Waals surface area contributed by atoms with Crippen molar-refractivity contribution in [1.82, 2.24) is 0 Å². The van der Waals surface area contributed by atoms with Gasteiger partial charge in [-0.1, -0.05) is 0 Å². The van der Waals surface area contributed by atoms with Crippen molar-refractivity contribution in [3.63, 3.8) is 0 Å². The molecule has 2 aliphatic rings. The van der Waals surface area contributed by atoms with E-state index in [0.29, 0.717) is 19.3 Å². The quantitative estimate of drug-likeness (QED) is 0.615. The van der Waals surface area contributed by atoms with Crippen molar-refractivity contribution in [2.45, 2.75) is 25.7 Å². The fourth-order valence-electron chi connectivity index (χ4n) is 1.09. The second-order valence-electron chi connectivity index (χ2n) is 3.67. The fraction of sp³-hybridized carbons (Fsp3) is 0.778. The summed E-state index contributed by atoms with van der Waals surface area (Å²) in [5, 5.41) is 0. The highest BCUT2D eigenvalue weighted by atomic mass is 16.7. The highest BCUT2D eigenvalue weighted by Crippen LogP contribution is 2.24. The number of hydrogen-bond acceptors (Lipinski definition) is 4. The Hall–Kier alpha value is -0.740. The van der Waals surface area contributed by atoms with Gasteiger partial charge in [0.1, 0.15) is 19.0 Å². The van der Waals surface area contributed by atoms with Crippen LogP contribution in [0.1, 0.15) is 13.8 Å². The van der Waals surface area contributed by atoms with Crippen molar-refractivity contribution in [1.29, 1.82) is 0 Å². The van der Waals surface area contributed by atoms with Gasteiger partial charge in [0.05, 0.1) is 13.2 Å². The van der Waals surface area contributed by atoms with Gasteiger partial charge in [-0.3, -0.25) is 0 Å². The van der Waals surface area contributed by atoms with E-state index in [0.717, 1.165) is 12.4 Å². The van der Waals surface area contributed by atoms with Crippen molar-refractivity contribution < 1.29 is 18.9 Å². The lowest BCUT2D eigenvalue weighted by Gasteiger charge is -2.18. The van der Waals surface area contributed by atoms with Gasteiger partial charge in [-0.2, -0.15) is 0 Å². The van der Waals surface area contributed by atoms with Crippen LogP contribution in [0.25, 0.3) is 0 Å². The Morgan fingerprint density at radius 2 is 2.38 bits per heavy atom. The summed E-state index contributed by atoms with van der Waals surface area (Å²) in [6.07, 6.45) is 1.91. The van der Waals surface area contributed by atoms with E-state index < -0.39 is 5.79 Å². The molecule has 2 aliphatic heterocycles. The molecule has 1 unspecified atom stereocenters. The molecule has 0 aliphatic carbocycles. The van der Waals surface area contributed by atoms with Gasteiger partial charge in [0, 0.05) is 13.8 Å². The van der Waals surface area contributed by atoms with E-state index in [1.165, 1.54) is 0 Å². The minimum atomic E-state index is -0.533. The van der Waals surface area contributed by atoms with Crippen LogP contribution in [-0.4, -0.2) is 31.7 Å².